The van der Waals surface area contributed by atoms with E-state index in [0.717, 1.165) is 19.3 Å². The second kappa shape index (κ2) is 17.3. The van der Waals surface area contributed by atoms with Crippen LogP contribution < -0.4 is 0 Å². The van der Waals surface area contributed by atoms with E-state index in [2.05, 4.69) is 113 Å². The molecule has 4 heteroatoms. The topological polar surface area (TPSA) is 0 Å². The van der Waals surface area contributed by atoms with Crippen molar-refractivity contribution in [2.45, 2.75) is 66.7 Å². The summed E-state index contributed by atoms with van der Waals surface area (Å²) in [6.45, 7) is 11.0. The number of hydrogen-bond donors (Lipinski definition) is 0. The first-order valence-corrected chi connectivity index (χ1v) is 20.9. The molecule has 0 spiro atoms. The monoisotopic (exact) mass is 652 g/mol. The third-order valence-electron chi connectivity index (χ3n) is 2.84. The van der Waals surface area contributed by atoms with Gasteiger partial charge in [-0.2, -0.15) is 0 Å². The Labute approximate surface area is 164 Å². The third-order valence-corrected chi connectivity index (χ3v) is 2.84. The molecule has 0 heterocycles. The SMILES string of the molecule is CCCC.CCc1cc(CC)cc(CC)c1.[I][V]([I])[I]. The molecule has 0 aromatic heterocycles. The molecule has 0 atom stereocenters. The molecule has 0 radical (unpaired) electrons. The molecule has 118 valence electrons. The summed E-state index contributed by atoms with van der Waals surface area (Å²) >= 11 is 7.39. The summed E-state index contributed by atoms with van der Waals surface area (Å²) in [5.74, 6) is 0. The van der Waals surface area contributed by atoms with Gasteiger partial charge in [0.25, 0.3) is 0 Å². The average molecular weight is 652 g/mol. The molecular weight excluding hydrogens is 624 g/mol. The van der Waals surface area contributed by atoms with Gasteiger partial charge in [0.2, 0.25) is 0 Å². The van der Waals surface area contributed by atoms with Crippen molar-refractivity contribution >= 4 is 59.9 Å². The van der Waals surface area contributed by atoms with Gasteiger partial charge in [0.15, 0.2) is 0 Å². The van der Waals surface area contributed by atoms with Crippen LogP contribution in [0, 0.1) is 0 Å². The Morgan fingerprint density at radius 1 is 0.650 bits per heavy atom. The van der Waals surface area contributed by atoms with Crippen LogP contribution in [0.25, 0.3) is 0 Å². The van der Waals surface area contributed by atoms with Crippen LogP contribution in [0.2, 0.25) is 0 Å². The second-order valence-electron chi connectivity index (χ2n) is 4.41. The molecule has 1 aromatic rings. The van der Waals surface area contributed by atoms with E-state index in [0.29, 0.717) is 0 Å². The molecular formula is C16H28I3V. The minimum atomic E-state index is -0.278. The summed E-state index contributed by atoms with van der Waals surface area (Å²) in [4.78, 5) is -0.278. The first-order valence-electron chi connectivity index (χ1n) is 7.34. The van der Waals surface area contributed by atoms with Crippen molar-refractivity contribution in [2.24, 2.45) is 0 Å². The maximum absolute atomic E-state index is 2.46. The molecule has 0 saturated heterocycles. The predicted molar refractivity (Wildman–Crippen MR) is 117 cm³/mol. The quantitative estimate of drug-likeness (QED) is 0.291. The van der Waals surface area contributed by atoms with Gasteiger partial charge >= 0.3 is 64.9 Å². The van der Waals surface area contributed by atoms with Gasteiger partial charge in [-0.15, -0.1) is 0 Å². The Morgan fingerprint density at radius 3 is 0.950 bits per heavy atom. The molecule has 0 fully saturated rings. The summed E-state index contributed by atoms with van der Waals surface area (Å²) in [5, 5.41) is 0. The summed E-state index contributed by atoms with van der Waals surface area (Å²) in [7, 11) is 0. The van der Waals surface area contributed by atoms with E-state index in [1.54, 1.807) is 0 Å². The standard InChI is InChI=1S/C12H18.C4H10.3HI.V/c1-4-10-7-11(5-2)9-12(6-3)8-10;1-3-4-2;;;;/h7-9H,4-6H2,1-3H3;3-4H2,1-2H3;3*1H;/q;;;;;+3/p-3. The van der Waals surface area contributed by atoms with Gasteiger partial charge in [0, 0.05) is 0 Å². The fourth-order valence-electron chi connectivity index (χ4n) is 1.45. The summed E-state index contributed by atoms with van der Waals surface area (Å²) in [5.41, 5.74) is 4.43. The van der Waals surface area contributed by atoms with Crippen molar-refractivity contribution < 1.29 is 4.92 Å². The zero-order valence-electron chi connectivity index (χ0n) is 13.3. The second-order valence-corrected chi connectivity index (χ2v) is 39.8. The Morgan fingerprint density at radius 2 is 0.850 bits per heavy atom. The Balaban J connectivity index is 0. The van der Waals surface area contributed by atoms with Crippen molar-refractivity contribution in [1.82, 2.24) is 0 Å². The normalized spacial score (nSPS) is 9.45. The fourth-order valence-corrected chi connectivity index (χ4v) is 1.45. The number of unbranched alkanes of at least 4 members (excludes halogenated alkanes) is 1. The number of hydrogen-bond acceptors (Lipinski definition) is 0. The van der Waals surface area contributed by atoms with Crippen molar-refractivity contribution in [2.75, 3.05) is 0 Å². The molecule has 0 nitrogen and oxygen atoms in total. The van der Waals surface area contributed by atoms with Crippen LogP contribution in [0.1, 0.15) is 64.2 Å². The van der Waals surface area contributed by atoms with E-state index < -0.39 is 0 Å². The van der Waals surface area contributed by atoms with Crippen LogP contribution in [-0.4, -0.2) is 0 Å². The predicted octanol–water partition coefficient (Wildman–Crippen LogP) is 7.83. The van der Waals surface area contributed by atoms with E-state index in [1.165, 1.54) is 29.5 Å². The molecule has 0 N–H and O–H groups in total. The van der Waals surface area contributed by atoms with Crippen molar-refractivity contribution in [3.63, 3.8) is 0 Å². The van der Waals surface area contributed by atoms with Crippen LogP contribution in [0.3, 0.4) is 0 Å². The molecule has 0 aliphatic rings. The number of aryl methyl sites for hydroxylation is 3. The van der Waals surface area contributed by atoms with E-state index in [1.807, 2.05) is 0 Å². The van der Waals surface area contributed by atoms with Crippen molar-refractivity contribution in [1.29, 1.82) is 0 Å². The van der Waals surface area contributed by atoms with Crippen molar-refractivity contribution in [3.8, 4) is 0 Å². The number of rotatable bonds is 4. The minimum absolute atomic E-state index is 0.278. The van der Waals surface area contributed by atoms with E-state index in [-0.39, 0.29) is 4.92 Å². The molecule has 0 amide bonds. The molecule has 0 aliphatic heterocycles. The molecule has 1 rings (SSSR count). The van der Waals surface area contributed by atoms with Crippen LogP contribution in [-0.2, 0) is 24.2 Å². The number of halogens is 3. The zero-order valence-corrected chi connectivity index (χ0v) is 21.2. The molecule has 1 aromatic carbocycles. The van der Waals surface area contributed by atoms with Crippen LogP contribution in [0.15, 0.2) is 18.2 Å². The molecule has 0 aliphatic carbocycles. The van der Waals surface area contributed by atoms with Gasteiger partial charge in [-0.3, -0.25) is 0 Å². The Bertz CT molecular complexity index is 268. The van der Waals surface area contributed by atoms with Gasteiger partial charge < -0.3 is 0 Å². The first-order chi connectivity index (χ1) is 9.44. The Hall–Kier alpha value is 1.99. The summed E-state index contributed by atoms with van der Waals surface area (Å²) in [6.07, 6.45) is 6.10. The molecule has 0 unspecified atom stereocenters. The van der Waals surface area contributed by atoms with E-state index in [4.69, 9.17) is 0 Å². The van der Waals surface area contributed by atoms with Gasteiger partial charge in [0.05, 0.1) is 0 Å². The van der Waals surface area contributed by atoms with Gasteiger partial charge in [-0.25, -0.2) is 0 Å². The Kier molecular flexibility index (Phi) is 21.0. The van der Waals surface area contributed by atoms with Crippen molar-refractivity contribution in [3.05, 3.63) is 34.9 Å². The van der Waals surface area contributed by atoms with Gasteiger partial charge in [0.1, 0.15) is 0 Å². The fraction of sp³-hybridized carbons (Fsp3) is 0.625. The molecule has 0 saturated carbocycles. The first kappa shape index (κ1) is 24.2. The van der Waals surface area contributed by atoms with E-state index >= 15 is 0 Å². The van der Waals surface area contributed by atoms with Gasteiger partial charge in [-0.1, -0.05) is 65.7 Å². The maximum atomic E-state index is 2.46. The summed E-state index contributed by atoms with van der Waals surface area (Å²) < 4.78 is 0. The van der Waals surface area contributed by atoms with Crippen LogP contribution >= 0.6 is 59.9 Å². The van der Waals surface area contributed by atoms with Crippen LogP contribution in [0.4, 0.5) is 0 Å². The van der Waals surface area contributed by atoms with Crippen LogP contribution in [0.5, 0.6) is 0 Å². The third kappa shape index (κ3) is 16.4. The number of benzene rings is 1. The molecule has 20 heavy (non-hydrogen) atoms. The summed E-state index contributed by atoms with van der Waals surface area (Å²) in [6, 6.07) is 6.96. The molecule has 0 bridgehead atoms. The van der Waals surface area contributed by atoms with Gasteiger partial charge in [-0.05, 0) is 36.0 Å². The average Bonchev–Trinajstić information content (AvgIpc) is 2.46. The zero-order chi connectivity index (χ0) is 16.0. The van der Waals surface area contributed by atoms with E-state index in [9.17, 15) is 0 Å².